The highest BCUT2D eigenvalue weighted by Gasteiger charge is 2.34. The SMILES string of the molecule is COc1cccc(C(C(C)N)N2CCCC(C)(O)C2)c1. The van der Waals surface area contributed by atoms with Crippen molar-refractivity contribution >= 4 is 0 Å². The summed E-state index contributed by atoms with van der Waals surface area (Å²) in [6, 6.07) is 8.16. The molecule has 1 aromatic rings. The molecule has 3 unspecified atom stereocenters. The predicted molar refractivity (Wildman–Crippen MR) is 80.8 cm³/mol. The highest BCUT2D eigenvalue weighted by molar-refractivity contribution is 5.31. The van der Waals surface area contributed by atoms with E-state index in [0.29, 0.717) is 6.54 Å². The molecule has 1 aliphatic heterocycles. The van der Waals surface area contributed by atoms with Gasteiger partial charge in [0.15, 0.2) is 0 Å². The first-order valence-corrected chi connectivity index (χ1v) is 7.29. The second-order valence-electron chi connectivity index (χ2n) is 6.15. The molecule has 0 spiro atoms. The van der Waals surface area contributed by atoms with Gasteiger partial charge >= 0.3 is 0 Å². The predicted octanol–water partition coefficient (Wildman–Crippen LogP) is 1.93. The number of nitrogens with zero attached hydrogens (tertiary/aromatic N) is 1. The summed E-state index contributed by atoms with van der Waals surface area (Å²) in [6.45, 7) is 5.56. The number of ether oxygens (including phenoxy) is 1. The van der Waals surface area contributed by atoms with Gasteiger partial charge in [-0.25, -0.2) is 0 Å². The standard InChI is InChI=1S/C16H26N2O2/c1-12(17)15(13-6-4-7-14(10-13)20-3)18-9-5-8-16(2,19)11-18/h4,6-7,10,12,15,19H,5,8-9,11,17H2,1-3H3. The van der Waals surface area contributed by atoms with Gasteiger partial charge in [-0.05, 0) is 50.9 Å². The Morgan fingerprint density at radius 1 is 1.45 bits per heavy atom. The summed E-state index contributed by atoms with van der Waals surface area (Å²) in [5.41, 5.74) is 6.74. The van der Waals surface area contributed by atoms with Crippen molar-refractivity contribution in [3.63, 3.8) is 0 Å². The Bertz CT molecular complexity index is 446. The number of nitrogens with two attached hydrogens (primary N) is 1. The molecule has 0 amide bonds. The van der Waals surface area contributed by atoms with E-state index in [4.69, 9.17) is 10.5 Å². The van der Waals surface area contributed by atoms with Crippen LogP contribution in [0.2, 0.25) is 0 Å². The Morgan fingerprint density at radius 3 is 2.80 bits per heavy atom. The number of piperidine rings is 1. The maximum Gasteiger partial charge on any atom is 0.119 e. The molecule has 4 heteroatoms. The summed E-state index contributed by atoms with van der Waals surface area (Å²) in [5, 5.41) is 10.3. The van der Waals surface area contributed by atoms with Crippen LogP contribution in [0.15, 0.2) is 24.3 Å². The smallest absolute Gasteiger partial charge is 0.119 e. The minimum atomic E-state index is -0.621. The first-order valence-electron chi connectivity index (χ1n) is 7.29. The minimum Gasteiger partial charge on any atom is -0.497 e. The fourth-order valence-corrected chi connectivity index (χ4v) is 3.17. The first kappa shape index (κ1) is 15.3. The van der Waals surface area contributed by atoms with Crippen molar-refractivity contribution in [2.45, 2.75) is 44.4 Å². The van der Waals surface area contributed by atoms with Gasteiger partial charge in [0.1, 0.15) is 5.75 Å². The van der Waals surface area contributed by atoms with Crippen LogP contribution in [0.5, 0.6) is 5.75 Å². The maximum absolute atomic E-state index is 10.3. The summed E-state index contributed by atoms with van der Waals surface area (Å²) in [4.78, 5) is 2.29. The lowest BCUT2D eigenvalue weighted by molar-refractivity contribution is -0.0333. The number of aliphatic hydroxyl groups is 1. The number of rotatable bonds is 4. The van der Waals surface area contributed by atoms with Gasteiger partial charge in [0.2, 0.25) is 0 Å². The largest absolute Gasteiger partial charge is 0.497 e. The Labute approximate surface area is 121 Å². The molecule has 0 bridgehead atoms. The number of hydrogen-bond donors (Lipinski definition) is 2. The third-order valence-electron chi connectivity index (χ3n) is 4.03. The summed E-state index contributed by atoms with van der Waals surface area (Å²) in [7, 11) is 1.67. The average Bonchev–Trinajstić information content (AvgIpc) is 2.37. The van der Waals surface area contributed by atoms with Crippen LogP contribution < -0.4 is 10.5 Å². The molecule has 0 radical (unpaired) electrons. The van der Waals surface area contributed by atoms with Crippen LogP contribution in [0.3, 0.4) is 0 Å². The van der Waals surface area contributed by atoms with Crippen molar-refractivity contribution in [3.8, 4) is 5.75 Å². The van der Waals surface area contributed by atoms with Gasteiger partial charge in [0, 0.05) is 18.6 Å². The lowest BCUT2D eigenvalue weighted by Gasteiger charge is -2.43. The van der Waals surface area contributed by atoms with Crippen LogP contribution in [-0.4, -0.2) is 41.8 Å². The van der Waals surface area contributed by atoms with Gasteiger partial charge < -0.3 is 15.6 Å². The molecular weight excluding hydrogens is 252 g/mol. The van der Waals surface area contributed by atoms with Crippen LogP contribution in [0.25, 0.3) is 0 Å². The third kappa shape index (κ3) is 3.51. The number of methoxy groups -OCH3 is 1. The summed E-state index contributed by atoms with van der Waals surface area (Å²) < 4.78 is 5.30. The molecule has 3 atom stereocenters. The maximum atomic E-state index is 10.3. The van der Waals surface area contributed by atoms with E-state index in [2.05, 4.69) is 11.0 Å². The van der Waals surface area contributed by atoms with Gasteiger partial charge in [-0.2, -0.15) is 0 Å². The fourth-order valence-electron chi connectivity index (χ4n) is 3.17. The van der Waals surface area contributed by atoms with E-state index >= 15 is 0 Å². The van der Waals surface area contributed by atoms with Crippen molar-refractivity contribution in [1.29, 1.82) is 0 Å². The molecule has 112 valence electrons. The quantitative estimate of drug-likeness (QED) is 0.883. The van der Waals surface area contributed by atoms with E-state index in [0.717, 1.165) is 30.7 Å². The minimum absolute atomic E-state index is 0.00370. The van der Waals surface area contributed by atoms with Crippen LogP contribution in [0.4, 0.5) is 0 Å². The van der Waals surface area contributed by atoms with E-state index in [-0.39, 0.29) is 12.1 Å². The van der Waals surface area contributed by atoms with E-state index in [1.54, 1.807) is 7.11 Å². The molecule has 0 saturated carbocycles. The number of hydrogen-bond acceptors (Lipinski definition) is 4. The van der Waals surface area contributed by atoms with Crippen LogP contribution in [0, 0.1) is 0 Å². The van der Waals surface area contributed by atoms with Crippen molar-refractivity contribution in [3.05, 3.63) is 29.8 Å². The molecule has 1 aromatic carbocycles. The molecule has 0 aliphatic carbocycles. The average molecular weight is 278 g/mol. The van der Waals surface area contributed by atoms with Gasteiger partial charge in [-0.1, -0.05) is 12.1 Å². The van der Waals surface area contributed by atoms with E-state index in [9.17, 15) is 5.11 Å². The second-order valence-corrected chi connectivity index (χ2v) is 6.15. The summed E-state index contributed by atoms with van der Waals surface area (Å²) in [6.07, 6.45) is 1.85. The first-order chi connectivity index (χ1) is 9.43. The Morgan fingerprint density at radius 2 is 2.20 bits per heavy atom. The highest BCUT2D eigenvalue weighted by atomic mass is 16.5. The summed E-state index contributed by atoms with van der Waals surface area (Å²) in [5.74, 6) is 0.844. The zero-order valence-corrected chi connectivity index (χ0v) is 12.7. The zero-order chi connectivity index (χ0) is 14.8. The van der Waals surface area contributed by atoms with E-state index in [1.807, 2.05) is 32.0 Å². The molecule has 3 N–H and O–H groups in total. The van der Waals surface area contributed by atoms with Gasteiger partial charge in [-0.3, -0.25) is 4.90 Å². The second kappa shape index (κ2) is 6.12. The molecule has 4 nitrogen and oxygen atoms in total. The van der Waals surface area contributed by atoms with Gasteiger partial charge in [-0.15, -0.1) is 0 Å². The molecule has 0 aromatic heterocycles. The lowest BCUT2D eigenvalue weighted by atomic mass is 9.90. The van der Waals surface area contributed by atoms with E-state index < -0.39 is 5.60 Å². The normalized spacial score (nSPS) is 27.1. The fraction of sp³-hybridized carbons (Fsp3) is 0.625. The van der Waals surface area contributed by atoms with Crippen LogP contribution in [0.1, 0.15) is 38.3 Å². The van der Waals surface area contributed by atoms with Gasteiger partial charge in [0.05, 0.1) is 12.7 Å². The Hall–Kier alpha value is -1.10. The van der Waals surface area contributed by atoms with Crippen LogP contribution >= 0.6 is 0 Å². The Balaban J connectivity index is 2.26. The molecular formula is C16H26N2O2. The summed E-state index contributed by atoms with van der Waals surface area (Å²) >= 11 is 0. The topological polar surface area (TPSA) is 58.7 Å². The molecule has 1 aliphatic rings. The van der Waals surface area contributed by atoms with Crippen molar-refractivity contribution in [1.82, 2.24) is 4.90 Å². The van der Waals surface area contributed by atoms with Crippen molar-refractivity contribution in [2.75, 3.05) is 20.2 Å². The van der Waals surface area contributed by atoms with Crippen LogP contribution in [-0.2, 0) is 0 Å². The Kier molecular flexibility index (Phi) is 4.68. The monoisotopic (exact) mass is 278 g/mol. The zero-order valence-electron chi connectivity index (χ0n) is 12.7. The molecule has 20 heavy (non-hydrogen) atoms. The molecule has 1 fully saturated rings. The van der Waals surface area contributed by atoms with Gasteiger partial charge in [0.25, 0.3) is 0 Å². The van der Waals surface area contributed by atoms with E-state index in [1.165, 1.54) is 0 Å². The number of β-amino-alcohol motifs (C(OH)–C–C–N with tert-alkyl or cyclic N) is 1. The third-order valence-corrected chi connectivity index (χ3v) is 4.03. The molecule has 1 saturated heterocycles. The molecule has 1 heterocycles. The number of likely N-dealkylation sites (tertiary alicyclic amines) is 1. The van der Waals surface area contributed by atoms with Crippen molar-refractivity contribution < 1.29 is 9.84 Å². The lowest BCUT2D eigenvalue weighted by Crippen LogP contribution is -2.50. The highest BCUT2D eigenvalue weighted by Crippen LogP contribution is 2.31. The molecule has 2 rings (SSSR count). The number of benzene rings is 1. The van der Waals surface area contributed by atoms with Crippen molar-refractivity contribution in [2.24, 2.45) is 5.73 Å².